The van der Waals surface area contributed by atoms with E-state index in [0.29, 0.717) is 0 Å². The Labute approximate surface area is 63.6 Å². The molecule has 1 amide bonds. The van der Waals surface area contributed by atoms with Crippen LogP contribution in [0.1, 0.15) is 0 Å². The first kappa shape index (κ1) is 16.0. The van der Waals surface area contributed by atoms with Gasteiger partial charge in [-0.2, -0.15) is 6.41 Å². The van der Waals surface area contributed by atoms with Crippen molar-refractivity contribution in [3.8, 4) is 0 Å². The summed E-state index contributed by atoms with van der Waals surface area (Å²) in [5.41, 5.74) is 0. The Morgan fingerprint density at radius 2 is 1.83 bits per heavy atom. The topological polar surface area (TPSA) is 29.1 Å². The second-order valence-electron chi connectivity index (χ2n) is 0.352. The molecule has 2 nitrogen and oxygen atoms in total. The maximum Gasteiger partial charge on any atom is 3.00 e. The van der Waals surface area contributed by atoms with E-state index in [4.69, 9.17) is 4.79 Å². The van der Waals surface area contributed by atoms with Crippen LogP contribution >= 0.6 is 0 Å². The Balaban J connectivity index is -0.0000000450. The molecule has 0 unspecified atom stereocenters. The summed E-state index contributed by atoms with van der Waals surface area (Å²) < 4.78 is 0. The van der Waals surface area contributed by atoms with E-state index in [1.165, 1.54) is 13.5 Å². The first-order chi connectivity index (χ1) is 1.91. The minimum Gasteiger partial charge on any atom is -0.532 e. The largest absolute Gasteiger partial charge is 3.00 e. The zero-order chi connectivity index (χ0) is 3.41. The maximum atomic E-state index is 8.94. The second kappa shape index (κ2) is 17.6. The van der Waals surface area contributed by atoms with Crippen molar-refractivity contribution < 1.29 is 37.5 Å². The van der Waals surface area contributed by atoms with Crippen molar-refractivity contribution in [3.05, 3.63) is 7.43 Å². The van der Waals surface area contributed by atoms with Gasteiger partial charge in [-0.1, -0.05) is 0 Å². The normalized spacial score (nSPS) is 3.50. The molecule has 0 rings (SSSR count). The van der Waals surface area contributed by atoms with Crippen molar-refractivity contribution >= 4 is 6.41 Å². The fraction of sp³-hybridized carbons (Fsp3) is 0.333. The average Bonchev–Trinajstić information content (AvgIpc) is 1.37. The van der Waals surface area contributed by atoms with Crippen LogP contribution in [-0.2, 0) is 37.5 Å². The molecule has 0 saturated heterocycles. The van der Waals surface area contributed by atoms with Crippen molar-refractivity contribution in [1.29, 1.82) is 0 Å². The van der Waals surface area contributed by atoms with Crippen LogP contribution in [0, 0.1) is 7.43 Å². The quantitative estimate of drug-likeness (QED) is 0.417. The van der Waals surface area contributed by atoms with Crippen LogP contribution in [0.2, 0.25) is 0 Å². The van der Waals surface area contributed by atoms with E-state index >= 15 is 0 Å². The zero-order valence-electron chi connectivity index (χ0n) is 3.99. The minimum absolute atomic E-state index is 0. The number of carbonyl (C=O) groups excluding carboxylic acids is 1. The molecule has 0 aliphatic carbocycles. The van der Waals surface area contributed by atoms with Crippen LogP contribution in [0.15, 0.2) is 0 Å². The summed E-state index contributed by atoms with van der Waals surface area (Å²) in [6.45, 7) is 0. The first-order valence-corrected chi connectivity index (χ1v) is 0.954. The number of hydrogen-bond acceptors (Lipinski definition) is 1. The third-order valence-electron chi connectivity index (χ3n) is 0.102. The molecule has 0 heterocycles. The molecule has 0 aromatic carbocycles. The van der Waals surface area contributed by atoms with E-state index in [1.54, 1.807) is 0 Å². The van der Waals surface area contributed by atoms with Gasteiger partial charge in [0, 0.05) is 0 Å². The number of nitrogens with one attached hydrogen (secondary N) is 1. The summed E-state index contributed by atoms with van der Waals surface area (Å²) in [6, 6.07) is 0. The van der Waals surface area contributed by atoms with Crippen molar-refractivity contribution in [2.24, 2.45) is 0 Å². The molecule has 0 fully saturated rings. The molecule has 6 heavy (non-hydrogen) atoms. The smallest absolute Gasteiger partial charge is 0.532 e. The summed E-state index contributed by atoms with van der Waals surface area (Å²) >= 11 is 0. The predicted molar refractivity (Wildman–Crippen MR) is 21.2 cm³/mol. The van der Waals surface area contributed by atoms with Crippen molar-refractivity contribution in [1.82, 2.24) is 5.32 Å². The molecule has 0 aliphatic rings. The molecule has 3 heteroatoms. The van der Waals surface area contributed by atoms with Gasteiger partial charge in [0.1, 0.15) is 0 Å². The Kier molecular flexibility index (Phi) is 46.9. The van der Waals surface area contributed by atoms with E-state index in [0.717, 1.165) is 0 Å². The molecule has 0 bridgehead atoms. The van der Waals surface area contributed by atoms with Crippen molar-refractivity contribution in [3.63, 3.8) is 0 Å². The molecule has 0 spiro atoms. The standard InChI is InChI=1S/C2H4NO.CH3.Y/c1-3-2-4;;/h1H3,(H,3,4);1H3;/q2*-1;+3. The average molecular weight is 162 g/mol. The maximum absolute atomic E-state index is 8.94. The predicted octanol–water partition coefficient (Wildman–Crippen LogP) is -0.279. The van der Waals surface area contributed by atoms with Gasteiger partial charge in [-0.3, -0.25) is 0 Å². The fourth-order valence-electron chi connectivity index (χ4n) is 0. The molecular formula is C3H7NOY+. The van der Waals surface area contributed by atoms with Gasteiger partial charge in [0.15, 0.2) is 0 Å². The molecule has 0 saturated carbocycles. The van der Waals surface area contributed by atoms with Gasteiger partial charge in [-0.25, -0.2) is 0 Å². The van der Waals surface area contributed by atoms with Gasteiger partial charge in [-0.05, 0) is 7.05 Å². The fourth-order valence-corrected chi connectivity index (χ4v) is 0. The van der Waals surface area contributed by atoms with Crippen LogP contribution in [0.3, 0.4) is 0 Å². The number of hydrogen-bond donors (Lipinski definition) is 1. The SMILES string of the molecule is CN[C-]=O.[CH3-].[Y+3]. The van der Waals surface area contributed by atoms with Crippen molar-refractivity contribution in [2.45, 2.75) is 0 Å². The van der Waals surface area contributed by atoms with E-state index in [-0.39, 0.29) is 40.1 Å². The van der Waals surface area contributed by atoms with E-state index in [2.05, 4.69) is 5.32 Å². The van der Waals surface area contributed by atoms with Crippen LogP contribution in [0.5, 0.6) is 0 Å². The van der Waals surface area contributed by atoms with Gasteiger partial charge in [0.05, 0.1) is 0 Å². The number of amides is 1. The third-order valence-corrected chi connectivity index (χ3v) is 0.102. The molecule has 1 N–H and O–H groups in total. The summed E-state index contributed by atoms with van der Waals surface area (Å²) in [6.07, 6.45) is 1.43. The van der Waals surface area contributed by atoms with Gasteiger partial charge in [0.2, 0.25) is 0 Å². The van der Waals surface area contributed by atoms with Gasteiger partial charge in [0.25, 0.3) is 0 Å². The molecular weight excluding hydrogens is 155 g/mol. The molecule has 0 aromatic heterocycles. The van der Waals surface area contributed by atoms with Crippen LogP contribution in [0.25, 0.3) is 0 Å². The van der Waals surface area contributed by atoms with Crippen LogP contribution in [0.4, 0.5) is 0 Å². The Hall–Kier alpha value is 0.574. The van der Waals surface area contributed by atoms with Gasteiger partial charge < -0.3 is 17.5 Å². The van der Waals surface area contributed by atoms with E-state index < -0.39 is 0 Å². The minimum atomic E-state index is 0. The van der Waals surface area contributed by atoms with Gasteiger partial charge >= 0.3 is 32.7 Å². The van der Waals surface area contributed by atoms with Gasteiger partial charge in [-0.15, -0.1) is 0 Å². The summed E-state index contributed by atoms with van der Waals surface area (Å²) in [5, 5.41) is 2.12. The van der Waals surface area contributed by atoms with Crippen LogP contribution < -0.4 is 5.32 Å². The molecule has 0 radical (unpaired) electrons. The summed E-state index contributed by atoms with van der Waals surface area (Å²) in [4.78, 5) is 8.94. The second-order valence-corrected chi connectivity index (χ2v) is 0.352. The summed E-state index contributed by atoms with van der Waals surface area (Å²) in [5.74, 6) is 0. The van der Waals surface area contributed by atoms with Crippen LogP contribution in [-0.4, -0.2) is 13.5 Å². The molecule has 0 aliphatic heterocycles. The molecule has 0 aromatic rings. The van der Waals surface area contributed by atoms with E-state index in [9.17, 15) is 0 Å². The van der Waals surface area contributed by atoms with Crippen molar-refractivity contribution in [2.75, 3.05) is 7.05 Å². The first-order valence-electron chi connectivity index (χ1n) is 0.954. The Morgan fingerprint density at radius 1 is 1.67 bits per heavy atom. The Morgan fingerprint density at radius 3 is 1.83 bits per heavy atom. The third kappa shape index (κ3) is 23.6. The Bertz CT molecular complexity index is 24.8. The monoisotopic (exact) mass is 162 g/mol. The molecule has 0 atom stereocenters. The summed E-state index contributed by atoms with van der Waals surface area (Å²) in [7, 11) is 1.51. The van der Waals surface area contributed by atoms with E-state index in [1.807, 2.05) is 0 Å². The number of rotatable bonds is 1. The molecule has 32 valence electrons. The zero-order valence-corrected chi connectivity index (χ0v) is 6.82.